The van der Waals surface area contributed by atoms with Crippen LogP contribution in [0, 0.1) is 17.1 Å². The van der Waals surface area contributed by atoms with Crippen LogP contribution in [0.3, 0.4) is 0 Å². The Morgan fingerprint density at radius 3 is 2.36 bits per heavy atom. The van der Waals surface area contributed by atoms with Gasteiger partial charge >= 0.3 is 0 Å². The molecule has 0 fully saturated rings. The minimum absolute atomic E-state index is 0.000556. The zero-order chi connectivity index (χ0) is 11.1. The molecular weight excluding hydrogens is 181 g/mol. The molecule has 1 aromatic rings. The summed E-state index contributed by atoms with van der Waals surface area (Å²) >= 11 is 0. The van der Waals surface area contributed by atoms with Gasteiger partial charge in [0, 0.05) is 0 Å². The summed E-state index contributed by atoms with van der Waals surface area (Å²) in [5, 5.41) is 17.5. The number of halogens is 1. The molecule has 1 N–H and O–H groups in total. The second-order valence-electron chi connectivity index (χ2n) is 2.53. The molecule has 0 saturated heterocycles. The largest absolute Gasteiger partial charge is 0.389 e. The zero-order valence-electron chi connectivity index (χ0n) is 8.58. The van der Waals surface area contributed by atoms with Gasteiger partial charge in [0.15, 0.2) is 0 Å². The van der Waals surface area contributed by atoms with Crippen LogP contribution in [0.4, 0.5) is 4.39 Å². The SMILES string of the molecule is CC.CC(O)c1ccc(C#N)c(F)c1. The Morgan fingerprint density at radius 2 is 2.00 bits per heavy atom. The number of nitriles is 1. The summed E-state index contributed by atoms with van der Waals surface area (Å²) in [5.41, 5.74) is 0.478. The molecule has 0 spiro atoms. The molecule has 0 saturated carbocycles. The van der Waals surface area contributed by atoms with Crippen molar-refractivity contribution >= 4 is 0 Å². The molecule has 0 bridgehead atoms. The van der Waals surface area contributed by atoms with Crippen molar-refractivity contribution in [2.75, 3.05) is 0 Å². The zero-order valence-corrected chi connectivity index (χ0v) is 8.58. The van der Waals surface area contributed by atoms with Crippen LogP contribution >= 0.6 is 0 Å². The smallest absolute Gasteiger partial charge is 0.141 e. The predicted molar refractivity (Wildman–Crippen MR) is 53.1 cm³/mol. The van der Waals surface area contributed by atoms with E-state index in [1.807, 2.05) is 13.8 Å². The fourth-order valence-corrected chi connectivity index (χ4v) is 0.882. The highest BCUT2D eigenvalue weighted by molar-refractivity contribution is 5.33. The molecular formula is C11H14FNO. The Balaban J connectivity index is 0.000000791. The van der Waals surface area contributed by atoms with E-state index in [1.165, 1.54) is 18.2 Å². The number of hydrogen-bond donors (Lipinski definition) is 1. The third kappa shape index (κ3) is 3.15. The highest BCUT2D eigenvalue weighted by Crippen LogP contribution is 2.15. The first-order valence-electron chi connectivity index (χ1n) is 4.52. The predicted octanol–water partition coefficient (Wildman–Crippen LogP) is 2.78. The summed E-state index contributed by atoms with van der Waals surface area (Å²) in [5.74, 6) is -0.587. The number of benzene rings is 1. The van der Waals surface area contributed by atoms with E-state index in [-0.39, 0.29) is 5.56 Å². The summed E-state index contributed by atoms with van der Waals surface area (Å²) in [7, 11) is 0. The first-order valence-corrected chi connectivity index (χ1v) is 4.52. The van der Waals surface area contributed by atoms with Gasteiger partial charge in [0.2, 0.25) is 0 Å². The topological polar surface area (TPSA) is 44.0 Å². The minimum Gasteiger partial charge on any atom is -0.389 e. The normalized spacial score (nSPS) is 10.9. The second kappa shape index (κ2) is 6.11. The van der Waals surface area contributed by atoms with Crippen molar-refractivity contribution in [2.45, 2.75) is 26.9 Å². The van der Waals surface area contributed by atoms with E-state index in [1.54, 1.807) is 13.0 Å². The van der Waals surface area contributed by atoms with Crippen molar-refractivity contribution in [2.24, 2.45) is 0 Å². The van der Waals surface area contributed by atoms with Crippen molar-refractivity contribution in [3.05, 3.63) is 35.1 Å². The minimum atomic E-state index is -0.702. The van der Waals surface area contributed by atoms with Gasteiger partial charge in [-0.15, -0.1) is 0 Å². The van der Waals surface area contributed by atoms with E-state index in [2.05, 4.69) is 0 Å². The van der Waals surface area contributed by atoms with Crippen molar-refractivity contribution in [1.82, 2.24) is 0 Å². The van der Waals surface area contributed by atoms with Crippen LogP contribution in [0.1, 0.15) is 38.0 Å². The van der Waals surface area contributed by atoms with Gasteiger partial charge < -0.3 is 5.11 Å². The van der Waals surface area contributed by atoms with Crippen molar-refractivity contribution in [3.63, 3.8) is 0 Å². The molecule has 2 nitrogen and oxygen atoms in total. The molecule has 1 aromatic carbocycles. The standard InChI is InChI=1S/C9H8FNO.C2H6/c1-6(12)7-2-3-8(5-11)9(10)4-7;1-2/h2-4,6,12H,1H3;1-2H3. The molecule has 0 heterocycles. The van der Waals surface area contributed by atoms with Gasteiger partial charge in [-0.3, -0.25) is 0 Å². The third-order valence-corrected chi connectivity index (χ3v) is 1.60. The lowest BCUT2D eigenvalue weighted by molar-refractivity contribution is 0.199. The summed E-state index contributed by atoms with van der Waals surface area (Å²) in [6.45, 7) is 5.54. The molecule has 1 unspecified atom stereocenters. The average molecular weight is 195 g/mol. The fraction of sp³-hybridized carbons (Fsp3) is 0.364. The van der Waals surface area contributed by atoms with Gasteiger partial charge in [-0.05, 0) is 24.6 Å². The molecule has 0 aliphatic carbocycles. The number of hydrogen-bond acceptors (Lipinski definition) is 2. The maximum atomic E-state index is 12.9. The molecule has 0 aliphatic heterocycles. The van der Waals surface area contributed by atoms with Crippen LogP contribution in [0.5, 0.6) is 0 Å². The average Bonchev–Trinajstić information content (AvgIpc) is 2.20. The molecule has 0 aliphatic rings. The van der Waals surface area contributed by atoms with E-state index >= 15 is 0 Å². The van der Waals surface area contributed by atoms with Crippen LogP contribution in [0.2, 0.25) is 0 Å². The third-order valence-electron chi connectivity index (χ3n) is 1.60. The Morgan fingerprint density at radius 1 is 1.43 bits per heavy atom. The van der Waals surface area contributed by atoms with Crippen molar-refractivity contribution in [3.8, 4) is 6.07 Å². The van der Waals surface area contributed by atoms with E-state index in [9.17, 15) is 4.39 Å². The molecule has 76 valence electrons. The van der Waals surface area contributed by atoms with E-state index in [4.69, 9.17) is 10.4 Å². The Labute approximate surface area is 83.6 Å². The summed E-state index contributed by atoms with van der Waals surface area (Å²) in [6, 6.07) is 5.77. The second-order valence-corrected chi connectivity index (χ2v) is 2.53. The molecule has 0 aromatic heterocycles. The Bertz CT molecular complexity index is 329. The van der Waals surface area contributed by atoms with Crippen molar-refractivity contribution < 1.29 is 9.50 Å². The molecule has 3 heteroatoms. The summed E-state index contributed by atoms with van der Waals surface area (Å²) < 4.78 is 12.9. The molecule has 14 heavy (non-hydrogen) atoms. The summed E-state index contributed by atoms with van der Waals surface area (Å²) in [4.78, 5) is 0. The lowest BCUT2D eigenvalue weighted by atomic mass is 10.1. The van der Waals surface area contributed by atoms with Gasteiger partial charge in [0.25, 0.3) is 0 Å². The molecule has 1 atom stereocenters. The monoisotopic (exact) mass is 195 g/mol. The Hall–Kier alpha value is -1.40. The lowest BCUT2D eigenvalue weighted by Crippen LogP contribution is -1.93. The van der Waals surface area contributed by atoms with Crippen LogP contribution in [0.25, 0.3) is 0 Å². The fourth-order valence-electron chi connectivity index (χ4n) is 0.882. The molecule has 1 rings (SSSR count). The molecule has 0 radical (unpaired) electrons. The van der Waals surface area contributed by atoms with Gasteiger partial charge in [-0.2, -0.15) is 5.26 Å². The highest BCUT2D eigenvalue weighted by Gasteiger charge is 2.05. The first-order chi connectivity index (χ1) is 6.65. The van der Waals surface area contributed by atoms with Crippen LogP contribution in [0.15, 0.2) is 18.2 Å². The number of aliphatic hydroxyl groups excluding tert-OH is 1. The highest BCUT2D eigenvalue weighted by atomic mass is 19.1. The number of rotatable bonds is 1. The lowest BCUT2D eigenvalue weighted by Gasteiger charge is -2.03. The maximum absolute atomic E-state index is 12.9. The maximum Gasteiger partial charge on any atom is 0.141 e. The van der Waals surface area contributed by atoms with Crippen molar-refractivity contribution in [1.29, 1.82) is 5.26 Å². The van der Waals surface area contributed by atoms with Gasteiger partial charge in [0.05, 0.1) is 11.7 Å². The number of aliphatic hydroxyl groups is 1. The van der Waals surface area contributed by atoms with Gasteiger partial charge in [0.1, 0.15) is 11.9 Å². The quantitative estimate of drug-likeness (QED) is 0.748. The van der Waals surface area contributed by atoms with Gasteiger partial charge in [-0.1, -0.05) is 19.9 Å². The van der Waals surface area contributed by atoms with E-state index < -0.39 is 11.9 Å². The van der Waals surface area contributed by atoms with Crippen LogP contribution in [-0.4, -0.2) is 5.11 Å². The van der Waals surface area contributed by atoms with E-state index in [0.717, 1.165) is 0 Å². The van der Waals surface area contributed by atoms with Crippen LogP contribution < -0.4 is 0 Å². The number of nitrogens with zero attached hydrogens (tertiary/aromatic N) is 1. The summed E-state index contributed by atoms with van der Waals surface area (Å²) in [6.07, 6.45) is -0.702. The van der Waals surface area contributed by atoms with Gasteiger partial charge in [-0.25, -0.2) is 4.39 Å². The first kappa shape index (κ1) is 12.6. The Kier molecular flexibility index (Phi) is 5.50. The van der Waals surface area contributed by atoms with Crippen LogP contribution in [-0.2, 0) is 0 Å². The van der Waals surface area contributed by atoms with E-state index in [0.29, 0.717) is 5.56 Å². The molecule has 0 amide bonds.